The molecule has 1 aromatic heterocycles. The van der Waals surface area contributed by atoms with Crippen LogP contribution in [0.1, 0.15) is 79.1 Å². The minimum absolute atomic E-state index is 0.278. The molecule has 4 bridgehead atoms. The first-order valence-electron chi connectivity index (χ1n) is 11.8. The summed E-state index contributed by atoms with van der Waals surface area (Å²) >= 11 is 8.26. The summed E-state index contributed by atoms with van der Waals surface area (Å²) in [5.41, 5.74) is 0.925. The molecule has 0 aromatic carbocycles. The van der Waals surface area contributed by atoms with Gasteiger partial charge in [0.15, 0.2) is 6.61 Å². The van der Waals surface area contributed by atoms with E-state index >= 15 is 0 Å². The predicted octanol–water partition coefficient (Wildman–Crippen LogP) is 4.86. The number of hydrogen-bond acceptors (Lipinski definition) is 6. The van der Waals surface area contributed by atoms with Crippen molar-refractivity contribution in [2.75, 3.05) is 18.5 Å². The topological polar surface area (TPSA) is 81.7 Å². The number of ether oxygens (including phenoxy) is 2. The summed E-state index contributed by atoms with van der Waals surface area (Å²) in [6.07, 6.45) is 9.24. The highest BCUT2D eigenvalue weighted by molar-refractivity contribution is 7.17. The molecular weight excluding hydrogens is 450 g/mol. The maximum absolute atomic E-state index is 13.1. The molecule has 0 aliphatic heterocycles. The lowest BCUT2D eigenvalue weighted by Crippen LogP contribution is -2.56. The maximum Gasteiger partial charge on any atom is 0.341 e. The highest BCUT2D eigenvalue weighted by atomic mass is 35.5. The molecule has 4 fully saturated rings. The summed E-state index contributed by atoms with van der Waals surface area (Å²) in [6.45, 7) is 1.69. The molecule has 5 aliphatic carbocycles. The van der Waals surface area contributed by atoms with Crippen molar-refractivity contribution in [2.45, 2.75) is 76.0 Å². The van der Waals surface area contributed by atoms with Crippen LogP contribution in [-0.2, 0) is 31.9 Å². The van der Waals surface area contributed by atoms with E-state index in [0.717, 1.165) is 68.2 Å². The van der Waals surface area contributed by atoms with Crippen molar-refractivity contribution in [2.24, 2.45) is 17.3 Å². The van der Waals surface area contributed by atoms with Crippen molar-refractivity contribution in [1.82, 2.24) is 0 Å². The first-order chi connectivity index (χ1) is 15.3. The summed E-state index contributed by atoms with van der Waals surface area (Å²) in [5.74, 6) is -0.143. The predicted molar refractivity (Wildman–Crippen MR) is 122 cm³/mol. The molecule has 0 radical (unpaired) electrons. The summed E-state index contributed by atoms with van der Waals surface area (Å²) in [6, 6.07) is 0. The molecule has 8 heteroatoms. The largest absolute Gasteiger partial charge is 0.462 e. The van der Waals surface area contributed by atoms with Crippen LogP contribution in [0.5, 0.6) is 0 Å². The molecule has 1 amide bonds. The fourth-order valence-electron chi connectivity index (χ4n) is 6.91. The molecule has 1 heterocycles. The van der Waals surface area contributed by atoms with Gasteiger partial charge in [0.1, 0.15) is 5.00 Å². The van der Waals surface area contributed by atoms with Gasteiger partial charge < -0.3 is 14.8 Å². The van der Waals surface area contributed by atoms with Gasteiger partial charge in [-0.1, -0.05) is 0 Å². The van der Waals surface area contributed by atoms with Gasteiger partial charge in [-0.3, -0.25) is 9.59 Å². The van der Waals surface area contributed by atoms with Gasteiger partial charge in [-0.15, -0.1) is 22.9 Å². The average molecular weight is 480 g/mol. The van der Waals surface area contributed by atoms with E-state index in [1.165, 1.54) is 11.3 Å². The molecule has 6 nitrogen and oxygen atoms in total. The summed E-state index contributed by atoms with van der Waals surface area (Å²) in [7, 11) is 0. The van der Waals surface area contributed by atoms with E-state index in [0.29, 0.717) is 28.8 Å². The molecule has 2 atom stereocenters. The van der Waals surface area contributed by atoms with Gasteiger partial charge in [0, 0.05) is 9.75 Å². The van der Waals surface area contributed by atoms with Gasteiger partial charge in [0.2, 0.25) is 0 Å². The van der Waals surface area contributed by atoms with Crippen LogP contribution in [0.15, 0.2) is 0 Å². The van der Waals surface area contributed by atoms with E-state index in [4.69, 9.17) is 21.1 Å². The zero-order chi connectivity index (χ0) is 22.5. The standard InChI is InChI=1S/C24H30ClNO5S/c1-2-30-21(28)19-16-5-3-4-6-17(16)32-20(19)26-18(27)12-31-22(29)23-8-14-7-15(9-23)11-24(25,10-14)13-23/h14-15H,2-13H2,1H3,(H,26,27). The summed E-state index contributed by atoms with van der Waals surface area (Å²) in [4.78, 5) is 39.2. The molecule has 1 aromatic rings. The van der Waals surface area contributed by atoms with Gasteiger partial charge in [0.25, 0.3) is 5.91 Å². The first-order valence-corrected chi connectivity index (χ1v) is 13.0. The number of aryl methyl sites for hydroxylation is 1. The molecule has 1 N–H and O–H groups in total. The second-order valence-corrected chi connectivity index (χ2v) is 12.1. The number of anilines is 1. The first kappa shape index (κ1) is 22.2. The lowest BCUT2D eigenvalue weighted by Gasteiger charge is -2.58. The van der Waals surface area contributed by atoms with Gasteiger partial charge in [-0.2, -0.15) is 0 Å². The lowest BCUT2D eigenvalue weighted by molar-refractivity contribution is -0.171. The zero-order valence-electron chi connectivity index (χ0n) is 18.5. The number of hydrogen-bond donors (Lipinski definition) is 1. The van der Waals surface area contributed by atoms with Crippen molar-refractivity contribution < 1.29 is 23.9 Å². The number of fused-ring (bicyclic) bond motifs is 1. The van der Waals surface area contributed by atoms with Crippen LogP contribution in [0.4, 0.5) is 5.00 Å². The van der Waals surface area contributed by atoms with Crippen LogP contribution >= 0.6 is 22.9 Å². The third kappa shape index (κ3) is 3.96. The van der Waals surface area contributed by atoms with E-state index in [2.05, 4.69) is 5.32 Å². The van der Waals surface area contributed by atoms with E-state index in [1.807, 2.05) is 0 Å². The molecule has 0 saturated heterocycles. The Labute approximate surface area is 197 Å². The Hall–Kier alpha value is -1.60. The van der Waals surface area contributed by atoms with Crippen LogP contribution in [0.2, 0.25) is 0 Å². The number of thiophene rings is 1. The van der Waals surface area contributed by atoms with Crippen molar-refractivity contribution in [3.8, 4) is 0 Å². The second kappa shape index (κ2) is 8.32. The SMILES string of the molecule is CCOC(=O)c1c(NC(=O)COC(=O)C23CC4CC(CC(Cl)(C4)C2)C3)sc2c1CCCC2. The highest BCUT2D eigenvalue weighted by Crippen LogP contribution is 2.64. The Morgan fingerprint density at radius 3 is 2.50 bits per heavy atom. The summed E-state index contributed by atoms with van der Waals surface area (Å²) in [5, 5.41) is 3.32. The van der Waals surface area contributed by atoms with Gasteiger partial charge in [-0.25, -0.2) is 4.79 Å². The third-order valence-electron chi connectivity index (χ3n) is 7.66. The minimum atomic E-state index is -0.537. The number of esters is 2. The van der Waals surface area contributed by atoms with Crippen LogP contribution in [-0.4, -0.2) is 35.9 Å². The Balaban J connectivity index is 1.25. The monoisotopic (exact) mass is 479 g/mol. The van der Waals surface area contributed by atoms with E-state index in [1.54, 1.807) is 6.92 Å². The van der Waals surface area contributed by atoms with Crippen LogP contribution < -0.4 is 5.32 Å². The zero-order valence-corrected chi connectivity index (χ0v) is 20.0. The third-order valence-corrected chi connectivity index (χ3v) is 9.31. The van der Waals surface area contributed by atoms with Crippen molar-refractivity contribution in [3.63, 3.8) is 0 Å². The minimum Gasteiger partial charge on any atom is -0.462 e. The molecular formula is C24H30ClNO5S. The van der Waals surface area contributed by atoms with Crippen molar-refractivity contribution in [1.29, 1.82) is 0 Å². The molecule has 6 rings (SSSR count). The average Bonchev–Trinajstić information content (AvgIpc) is 3.08. The smallest absolute Gasteiger partial charge is 0.341 e. The summed E-state index contributed by atoms with van der Waals surface area (Å²) < 4.78 is 10.8. The van der Waals surface area contributed by atoms with Crippen molar-refractivity contribution in [3.05, 3.63) is 16.0 Å². The maximum atomic E-state index is 13.1. The lowest BCUT2D eigenvalue weighted by atomic mass is 9.49. The Bertz CT molecular complexity index is 942. The quantitative estimate of drug-likeness (QED) is 0.465. The Morgan fingerprint density at radius 2 is 1.81 bits per heavy atom. The number of carbonyl (C=O) groups excluding carboxylic acids is 3. The molecule has 32 heavy (non-hydrogen) atoms. The normalized spacial score (nSPS) is 32.3. The van der Waals surface area contributed by atoms with Crippen LogP contribution in [0.25, 0.3) is 0 Å². The van der Waals surface area contributed by atoms with E-state index in [-0.39, 0.29) is 24.1 Å². The number of carbonyl (C=O) groups is 3. The molecule has 174 valence electrons. The number of amides is 1. The van der Waals surface area contributed by atoms with Crippen molar-refractivity contribution >= 4 is 45.8 Å². The fraction of sp³-hybridized carbons (Fsp3) is 0.708. The Morgan fingerprint density at radius 1 is 1.09 bits per heavy atom. The fourth-order valence-corrected chi connectivity index (χ4v) is 8.90. The van der Waals surface area contributed by atoms with Crippen LogP contribution in [0.3, 0.4) is 0 Å². The number of halogens is 1. The highest BCUT2D eigenvalue weighted by Gasteiger charge is 2.60. The Kier molecular flexibility index (Phi) is 5.77. The number of nitrogens with one attached hydrogen (secondary N) is 1. The van der Waals surface area contributed by atoms with Gasteiger partial charge >= 0.3 is 11.9 Å². The van der Waals surface area contributed by atoms with Gasteiger partial charge in [0.05, 0.1) is 17.6 Å². The second-order valence-electron chi connectivity index (χ2n) is 10.2. The number of alkyl halides is 1. The van der Waals surface area contributed by atoms with Gasteiger partial charge in [-0.05, 0) is 88.5 Å². The molecule has 0 spiro atoms. The molecule has 4 saturated carbocycles. The molecule has 5 aliphatic rings. The number of rotatable bonds is 6. The van der Waals surface area contributed by atoms with Crippen LogP contribution in [0, 0.1) is 17.3 Å². The van der Waals surface area contributed by atoms with E-state index in [9.17, 15) is 14.4 Å². The molecule has 2 unspecified atom stereocenters. The van der Waals surface area contributed by atoms with E-state index < -0.39 is 17.3 Å².